The van der Waals surface area contributed by atoms with Gasteiger partial charge < -0.3 is 5.11 Å². The van der Waals surface area contributed by atoms with Crippen molar-refractivity contribution in [2.75, 3.05) is 0 Å². The van der Waals surface area contributed by atoms with Crippen LogP contribution in [0.3, 0.4) is 0 Å². The largest absolute Gasteiger partial charge is 0.478 e. The predicted molar refractivity (Wildman–Crippen MR) is 84.6 cm³/mol. The number of benzene rings is 2. The molecule has 0 bridgehead atoms. The van der Waals surface area contributed by atoms with Crippen LogP contribution in [-0.4, -0.2) is 11.1 Å². The molecule has 0 heterocycles. The maximum atomic E-state index is 10.5. The molecule has 0 aliphatic rings. The molecule has 0 radical (unpaired) electrons. The van der Waals surface area contributed by atoms with E-state index in [2.05, 4.69) is 24.8 Å². The molecule has 102 valence electrons. The van der Waals surface area contributed by atoms with Gasteiger partial charge in [0.05, 0.1) is 5.56 Å². The van der Waals surface area contributed by atoms with E-state index >= 15 is 0 Å². The minimum atomic E-state index is -0.916. The topological polar surface area (TPSA) is 37.3 Å². The zero-order valence-electron chi connectivity index (χ0n) is 11.5. The summed E-state index contributed by atoms with van der Waals surface area (Å²) in [5.41, 5.74) is 2.21. The van der Waals surface area contributed by atoms with E-state index in [1.807, 2.05) is 31.2 Å². The summed E-state index contributed by atoms with van der Waals surface area (Å²) in [6, 6.07) is 17.0. The molecule has 0 fully saturated rings. The average molecular weight is 266 g/mol. The van der Waals surface area contributed by atoms with Crippen LogP contribution in [0.15, 0.2) is 67.3 Å². The Morgan fingerprint density at radius 1 is 1.05 bits per heavy atom. The third-order valence-electron chi connectivity index (χ3n) is 2.57. The summed E-state index contributed by atoms with van der Waals surface area (Å²) in [5, 5.41) is 8.65. The zero-order chi connectivity index (χ0) is 14.8. The van der Waals surface area contributed by atoms with Crippen LogP contribution in [0.4, 0.5) is 0 Å². The quantitative estimate of drug-likeness (QED) is 0.870. The van der Waals surface area contributed by atoms with Crippen molar-refractivity contribution < 1.29 is 9.90 Å². The van der Waals surface area contributed by atoms with Gasteiger partial charge in [0.1, 0.15) is 0 Å². The molecule has 0 aliphatic carbocycles. The standard InChI is InChI=1S/C9H8O2.C9H10/c1-2-7-5-3-4-6-8(7)9(10)11;1-2-6-9-7-4-3-5-8-9/h2-6H,1H2,(H,10,11);2-8H,1H3. The number of rotatable bonds is 3. The van der Waals surface area contributed by atoms with Gasteiger partial charge in [0, 0.05) is 0 Å². The molecule has 20 heavy (non-hydrogen) atoms. The van der Waals surface area contributed by atoms with E-state index in [9.17, 15) is 4.79 Å². The predicted octanol–water partition coefficient (Wildman–Crippen LogP) is 4.75. The van der Waals surface area contributed by atoms with Crippen LogP contribution in [0.2, 0.25) is 0 Å². The summed E-state index contributed by atoms with van der Waals surface area (Å²) in [6.45, 7) is 5.53. The Balaban J connectivity index is 0.000000204. The number of carboxylic acid groups (broad SMARTS) is 1. The first-order chi connectivity index (χ1) is 9.69. The minimum Gasteiger partial charge on any atom is -0.478 e. The van der Waals surface area contributed by atoms with Crippen molar-refractivity contribution in [1.82, 2.24) is 0 Å². The molecule has 0 amide bonds. The molecule has 1 N–H and O–H groups in total. The molecule has 0 spiro atoms. The number of carboxylic acids is 1. The van der Waals surface area contributed by atoms with Crippen LogP contribution >= 0.6 is 0 Å². The maximum absolute atomic E-state index is 10.5. The van der Waals surface area contributed by atoms with Crippen LogP contribution in [0, 0.1) is 0 Å². The first kappa shape index (κ1) is 15.4. The highest BCUT2D eigenvalue weighted by molar-refractivity contribution is 5.91. The number of allylic oxidation sites excluding steroid dienone is 1. The Morgan fingerprint density at radius 2 is 1.65 bits per heavy atom. The van der Waals surface area contributed by atoms with Crippen molar-refractivity contribution in [3.63, 3.8) is 0 Å². The molecule has 0 saturated heterocycles. The SMILES string of the molecule is C=Cc1ccccc1C(=O)O.CC=Cc1ccccc1. The van der Waals surface area contributed by atoms with E-state index in [0.717, 1.165) is 0 Å². The number of hydrogen-bond donors (Lipinski definition) is 1. The lowest BCUT2D eigenvalue weighted by atomic mass is 10.1. The van der Waals surface area contributed by atoms with Gasteiger partial charge in [-0.25, -0.2) is 4.79 Å². The van der Waals surface area contributed by atoms with E-state index in [1.54, 1.807) is 24.3 Å². The third-order valence-corrected chi connectivity index (χ3v) is 2.57. The van der Waals surface area contributed by atoms with Gasteiger partial charge in [-0.2, -0.15) is 0 Å². The highest BCUT2D eigenvalue weighted by Gasteiger charge is 2.04. The third kappa shape index (κ3) is 4.94. The molecule has 2 aromatic rings. The lowest BCUT2D eigenvalue weighted by Gasteiger charge is -1.97. The molecule has 2 heteroatoms. The van der Waals surface area contributed by atoms with Crippen molar-refractivity contribution in [3.05, 3.63) is 83.9 Å². The van der Waals surface area contributed by atoms with Crippen molar-refractivity contribution in [3.8, 4) is 0 Å². The zero-order valence-corrected chi connectivity index (χ0v) is 11.5. The fourth-order valence-corrected chi connectivity index (χ4v) is 1.63. The second-order valence-corrected chi connectivity index (χ2v) is 4.01. The molecule has 2 aromatic carbocycles. The average Bonchev–Trinajstić information content (AvgIpc) is 2.49. The van der Waals surface area contributed by atoms with E-state index in [1.165, 1.54) is 11.6 Å². The van der Waals surface area contributed by atoms with Gasteiger partial charge in [0.25, 0.3) is 0 Å². The smallest absolute Gasteiger partial charge is 0.336 e. The summed E-state index contributed by atoms with van der Waals surface area (Å²) < 4.78 is 0. The Morgan fingerprint density at radius 3 is 2.15 bits per heavy atom. The second-order valence-electron chi connectivity index (χ2n) is 4.01. The van der Waals surface area contributed by atoms with Gasteiger partial charge in [0.15, 0.2) is 0 Å². The summed E-state index contributed by atoms with van der Waals surface area (Å²) >= 11 is 0. The molecule has 2 nitrogen and oxygen atoms in total. The Kier molecular flexibility index (Phi) is 6.55. The van der Waals surface area contributed by atoms with E-state index in [4.69, 9.17) is 5.11 Å². The first-order valence-corrected chi connectivity index (χ1v) is 6.31. The van der Waals surface area contributed by atoms with Crippen LogP contribution in [0.1, 0.15) is 28.4 Å². The van der Waals surface area contributed by atoms with Crippen LogP contribution < -0.4 is 0 Å². The summed E-state index contributed by atoms with van der Waals surface area (Å²) in [6.07, 6.45) is 5.65. The fourth-order valence-electron chi connectivity index (χ4n) is 1.63. The van der Waals surface area contributed by atoms with Crippen LogP contribution in [0.25, 0.3) is 12.2 Å². The fraction of sp³-hybridized carbons (Fsp3) is 0.0556. The first-order valence-electron chi connectivity index (χ1n) is 6.31. The minimum absolute atomic E-state index is 0.294. The van der Waals surface area contributed by atoms with Gasteiger partial charge in [-0.15, -0.1) is 0 Å². The summed E-state index contributed by atoms with van der Waals surface area (Å²) in [4.78, 5) is 10.5. The van der Waals surface area contributed by atoms with Gasteiger partial charge in [0.2, 0.25) is 0 Å². The maximum Gasteiger partial charge on any atom is 0.336 e. The molecule has 0 aromatic heterocycles. The molecule has 0 atom stereocenters. The Labute approximate surface area is 119 Å². The van der Waals surface area contributed by atoms with Crippen LogP contribution in [-0.2, 0) is 0 Å². The van der Waals surface area contributed by atoms with Gasteiger partial charge >= 0.3 is 5.97 Å². The number of hydrogen-bond acceptors (Lipinski definition) is 1. The normalized spacial score (nSPS) is 9.65. The van der Waals surface area contributed by atoms with Crippen molar-refractivity contribution in [1.29, 1.82) is 0 Å². The lowest BCUT2D eigenvalue weighted by molar-refractivity contribution is 0.0696. The number of carbonyl (C=O) groups is 1. The van der Waals surface area contributed by atoms with E-state index in [0.29, 0.717) is 11.1 Å². The molecule has 0 aliphatic heterocycles. The Bertz CT molecular complexity index is 583. The second kappa shape index (κ2) is 8.48. The highest BCUT2D eigenvalue weighted by Crippen LogP contribution is 2.08. The van der Waals surface area contributed by atoms with Gasteiger partial charge in [-0.3, -0.25) is 0 Å². The molecule has 2 rings (SSSR count). The number of aromatic carboxylic acids is 1. The van der Waals surface area contributed by atoms with Gasteiger partial charge in [-0.1, -0.05) is 73.3 Å². The van der Waals surface area contributed by atoms with E-state index < -0.39 is 5.97 Å². The van der Waals surface area contributed by atoms with Crippen LogP contribution in [0.5, 0.6) is 0 Å². The summed E-state index contributed by atoms with van der Waals surface area (Å²) in [5.74, 6) is -0.916. The molecular formula is C18H18O2. The highest BCUT2D eigenvalue weighted by atomic mass is 16.4. The lowest BCUT2D eigenvalue weighted by Crippen LogP contribution is -1.98. The monoisotopic (exact) mass is 266 g/mol. The molecule has 0 saturated carbocycles. The van der Waals surface area contributed by atoms with Crippen molar-refractivity contribution >= 4 is 18.1 Å². The van der Waals surface area contributed by atoms with E-state index in [-0.39, 0.29) is 0 Å². The van der Waals surface area contributed by atoms with Crippen molar-refractivity contribution in [2.24, 2.45) is 0 Å². The summed E-state index contributed by atoms with van der Waals surface area (Å²) in [7, 11) is 0. The van der Waals surface area contributed by atoms with Crippen molar-refractivity contribution in [2.45, 2.75) is 6.92 Å². The molecule has 0 unspecified atom stereocenters. The van der Waals surface area contributed by atoms with Gasteiger partial charge in [-0.05, 0) is 24.1 Å². The molecular weight excluding hydrogens is 248 g/mol. The Hall–Kier alpha value is -2.61.